The van der Waals surface area contributed by atoms with Crippen LogP contribution in [0.4, 0.5) is 8.78 Å². The largest absolute Gasteiger partial charge is 0.348 e. The number of amides is 1. The molecule has 4 nitrogen and oxygen atoms in total. The van der Waals surface area contributed by atoms with Gasteiger partial charge in [-0.15, -0.1) is 0 Å². The van der Waals surface area contributed by atoms with Gasteiger partial charge < -0.3 is 5.32 Å². The summed E-state index contributed by atoms with van der Waals surface area (Å²) in [6.45, 7) is 0.0236. The number of halogens is 2. The molecule has 0 saturated carbocycles. The molecule has 20 heavy (non-hydrogen) atoms. The monoisotopic (exact) mass is 273 g/mol. The number of nitrogens with zero attached hydrogens (tertiary/aromatic N) is 2. The summed E-state index contributed by atoms with van der Waals surface area (Å²) in [7, 11) is 0. The quantitative estimate of drug-likeness (QED) is 0.931. The Morgan fingerprint density at radius 1 is 1.30 bits per heavy atom. The highest BCUT2D eigenvalue weighted by Crippen LogP contribution is 2.09. The van der Waals surface area contributed by atoms with Gasteiger partial charge in [-0.2, -0.15) is 5.26 Å². The van der Waals surface area contributed by atoms with E-state index >= 15 is 0 Å². The van der Waals surface area contributed by atoms with Crippen LogP contribution in [-0.2, 0) is 6.54 Å². The second-order valence-corrected chi connectivity index (χ2v) is 3.94. The van der Waals surface area contributed by atoms with Gasteiger partial charge in [0.25, 0.3) is 5.91 Å². The molecular weight excluding hydrogens is 264 g/mol. The fraction of sp³-hybridized carbons (Fsp3) is 0.0714. The Labute approximate surface area is 113 Å². The third-order valence-corrected chi connectivity index (χ3v) is 2.60. The van der Waals surface area contributed by atoms with E-state index in [0.29, 0.717) is 5.56 Å². The summed E-state index contributed by atoms with van der Waals surface area (Å²) in [6.07, 6.45) is 1.41. The van der Waals surface area contributed by atoms with Gasteiger partial charge in [0, 0.05) is 12.7 Å². The van der Waals surface area contributed by atoms with Crippen molar-refractivity contribution in [3.63, 3.8) is 0 Å². The topological polar surface area (TPSA) is 65.8 Å². The number of nitriles is 1. The molecule has 1 amide bonds. The van der Waals surface area contributed by atoms with Crippen LogP contribution >= 0.6 is 0 Å². The van der Waals surface area contributed by atoms with E-state index in [0.717, 1.165) is 12.1 Å². The van der Waals surface area contributed by atoms with Crippen LogP contribution in [0.15, 0.2) is 36.5 Å². The Kier molecular flexibility index (Phi) is 4.01. The number of benzene rings is 1. The summed E-state index contributed by atoms with van der Waals surface area (Å²) in [4.78, 5) is 15.6. The molecule has 0 aliphatic heterocycles. The minimum atomic E-state index is -0.976. The first-order valence-electron chi connectivity index (χ1n) is 5.69. The molecule has 0 atom stereocenters. The lowest BCUT2D eigenvalue weighted by atomic mass is 10.1. The summed E-state index contributed by atoms with van der Waals surface area (Å²) >= 11 is 0. The standard InChI is InChI=1S/C14H9F2N3O/c15-11-4-3-9(6-12(11)16)8-19-14(20)10-2-1-5-18-13(10)7-17/h1-6H,8H2,(H,19,20). The van der Waals surface area contributed by atoms with E-state index in [-0.39, 0.29) is 17.8 Å². The van der Waals surface area contributed by atoms with E-state index in [9.17, 15) is 13.6 Å². The first kappa shape index (κ1) is 13.6. The van der Waals surface area contributed by atoms with Gasteiger partial charge in [-0.1, -0.05) is 6.07 Å². The van der Waals surface area contributed by atoms with Gasteiger partial charge in [0.05, 0.1) is 5.56 Å². The summed E-state index contributed by atoms with van der Waals surface area (Å²) in [5.74, 6) is -2.42. The molecule has 0 aliphatic rings. The molecule has 0 bridgehead atoms. The third-order valence-electron chi connectivity index (χ3n) is 2.60. The van der Waals surface area contributed by atoms with E-state index in [1.165, 1.54) is 24.4 Å². The normalized spacial score (nSPS) is 9.85. The summed E-state index contributed by atoms with van der Waals surface area (Å²) in [5, 5.41) is 11.4. The molecule has 100 valence electrons. The maximum atomic E-state index is 13.0. The molecule has 6 heteroatoms. The van der Waals surface area contributed by atoms with Crippen molar-refractivity contribution in [1.29, 1.82) is 5.26 Å². The highest BCUT2D eigenvalue weighted by molar-refractivity contribution is 5.95. The predicted octanol–water partition coefficient (Wildman–Crippen LogP) is 2.16. The Morgan fingerprint density at radius 2 is 2.10 bits per heavy atom. The molecule has 2 aromatic rings. The minimum absolute atomic E-state index is 0.00952. The van der Waals surface area contributed by atoms with Crippen LogP contribution < -0.4 is 5.32 Å². The van der Waals surface area contributed by atoms with Gasteiger partial charge in [-0.3, -0.25) is 4.79 Å². The van der Waals surface area contributed by atoms with Crippen molar-refractivity contribution in [3.05, 3.63) is 65.0 Å². The van der Waals surface area contributed by atoms with Gasteiger partial charge in [0.15, 0.2) is 17.3 Å². The Balaban J connectivity index is 2.09. The summed E-state index contributed by atoms with van der Waals surface area (Å²) in [6, 6.07) is 8.17. The average molecular weight is 273 g/mol. The molecule has 0 aliphatic carbocycles. The van der Waals surface area contributed by atoms with Crippen molar-refractivity contribution in [2.45, 2.75) is 6.54 Å². The first-order chi connectivity index (χ1) is 9.61. The molecule has 0 spiro atoms. The number of hydrogen-bond donors (Lipinski definition) is 1. The number of rotatable bonds is 3. The second kappa shape index (κ2) is 5.89. The highest BCUT2D eigenvalue weighted by atomic mass is 19.2. The lowest BCUT2D eigenvalue weighted by Gasteiger charge is -2.06. The van der Waals surface area contributed by atoms with Crippen LogP contribution in [0.25, 0.3) is 0 Å². The van der Waals surface area contributed by atoms with Crippen LogP contribution in [0.2, 0.25) is 0 Å². The molecule has 0 saturated heterocycles. The summed E-state index contributed by atoms with van der Waals surface area (Å²) in [5.41, 5.74) is 0.563. The van der Waals surface area contributed by atoms with Crippen molar-refractivity contribution in [2.24, 2.45) is 0 Å². The van der Waals surface area contributed by atoms with Gasteiger partial charge in [0.1, 0.15) is 6.07 Å². The number of carbonyl (C=O) groups is 1. The molecular formula is C14H9F2N3O. The van der Waals surface area contributed by atoms with E-state index in [1.807, 2.05) is 6.07 Å². The zero-order valence-electron chi connectivity index (χ0n) is 10.2. The van der Waals surface area contributed by atoms with Crippen LogP contribution in [0.1, 0.15) is 21.6 Å². The fourth-order valence-electron chi connectivity index (χ4n) is 1.60. The second-order valence-electron chi connectivity index (χ2n) is 3.94. The van der Waals surface area contributed by atoms with Crippen molar-refractivity contribution < 1.29 is 13.6 Å². The molecule has 0 fully saturated rings. The van der Waals surface area contributed by atoms with Gasteiger partial charge in [-0.05, 0) is 29.8 Å². The number of nitrogens with one attached hydrogen (secondary N) is 1. The number of hydrogen-bond acceptors (Lipinski definition) is 3. The van der Waals surface area contributed by atoms with Gasteiger partial charge in [0.2, 0.25) is 0 Å². The molecule has 2 rings (SSSR count). The van der Waals surface area contributed by atoms with Crippen molar-refractivity contribution in [2.75, 3.05) is 0 Å². The maximum Gasteiger partial charge on any atom is 0.254 e. The van der Waals surface area contributed by atoms with Crippen molar-refractivity contribution in [1.82, 2.24) is 10.3 Å². The molecule has 1 N–H and O–H groups in total. The maximum absolute atomic E-state index is 13.0. The predicted molar refractivity (Wildman–Crippen MR) is 66.5 cm³/mol. The zero-order chi connectivity index (χ0) is 14.5. The van der Waals surface area contributed by atoms with Crippen LogP contribution in [-0.4, -0.2) is 10.9 Å². The van der Waals surface area contributed by atoms with E-state index in [4.69, 9.17) is 5.26 Å². The third kappa shape index (κ3) is 2.95. The van der Waals surface area contributed by atoms with Crippen LogP contribution in [0, 0.1) is 23.0 Å². The lowest BCUT2D eigenvalue weighted by molar-refractivity contribution is 0.0950. The van der Waals surface area contributed by atoms with Gasteiger partial charge in [-0.25, -0.2) is 13.8 Å². The van der Waals surface area contributed by atoms with Crippen LogP contribution in [0.5, 0.6) is 0 Å². The first-order valence-corrected chi connectivity index (χ1v) is 5.69. The molecule has 1 aromatic carbocycles. The molecule has 0 radical (unpaired) electrons. The highest BCUT2D eigenvalue weighted by Gasteiger charge is 2.11. The number of carbonyl (C=O) groups excluding carboxylic acids is 1. The summed E-state index contributed by atoms with van der Waals surface area (Å²) < 4.78 is 25.8. The fourth-order valence-corrected chi connectivity index (χ4v) is 1.60. The lowest BCUT2D eigenvalue weighted by Crippen LogP contribution is -2.24. The molecule has 1 heterocycles. The molecule has 0 unspecified atom stereocenters. The van der Waals surface area contributed by atoms with Crippen LogP contribution in [0.3, 0.4) is 0 Å². The van der Waals surface area contributed by atoms with E-state index < -0.39 is 17.5 Å². The number of aromatic nitrogens is 1. The minimum Gasteiger partial charge on any atom is -0.348 e. The smallest absolute Gasteiger partial charge is 0.254 e. The Bertz CT molecular complexity index is 695. The van der Waals surface area contributed by atoms with E-state index in [2.05, 4.69) is 10.3 Å². The average Bonchev–Trinajstić information content (AvgIpc) is 2.48. The van der Waals surface area contributed by atoms with Crippen molar-refractivity contribution in [3.8, 4) is 6.07 Å². The van der Waals surface area contributed by atoms with Crippen molar-refractivity contribution >= 4 is 5.91 Å². The van der Waals surface area contributed by atoms with Gasteiger partial charge >= 0.3 is 0 Å². The molecule has 1 aromatic heterocycles. The Hall–Kier alpha value is -2.81. The van der Waals surface area contributed by atoms with E-state index in [1.54, 1.807) is 0 Å². The SMILES string of the molecule is N#Cc1ncccc1C(=O)NCc1ccc(F)c(F)c1. The zero-order valence-corrected chi connectivity index (χ0v) is 10.2. The Morgan fingerprint density at radius 3 is 2.80 bits per heavy atom. The number of pyridine rings is 1.